The van der Waals surface area contributed by atoms with Gasteiger partial charge in [-0.15, -0.1) is 0 Å². The summed E-state index contributed by atoms with van der Waals surface area (Å²) in [6, 6.07) is 29.1. The second-order valence-electron chi connectivity index (χ2n) is 10.9. The van der Waals surface area contributed by atoms with Gasteiger partial charge in [-0.3, -0.25) is 9.38 Å². The number of nitrogens with zero attached hydrogens (tertiary/aromatic N) is 6. The Bertz CT molecular complexity index is 2130. The molecule has 8 rings (SSSR count). The van der Waals surface area contributed by atoms with Crippen molar-refractivity contribution in [3.8, 4) is 11.5 Å². The number of fused-ring (bicyclic) bond motifs is 9. The van der Waals surface area contributed by atoms with Crippen LogP contribution in [0.4, 0.5) is 17.2 Å². The molecule has 0 spiro atoms. The van der Waals surface area contributed by atoms with Gasteiger partial charge in [0.1, 0.15) is 17.1 Å². The van der Waals surface area contributed by atoms with Gasteiger partial charge >= 0.3 is 0 Å². The van der Waals surface area contributed by atoms with Crippen LogP contribution in [0.25, 0.3) is 38.5 Å². The zero-order valence-electron chi connectivity index (χ0n) is 23.1. The van der Waals surface area contributed by atoms with Crippen molar-refractivity contribution in [2.24, 2.45) is 0 Å². The van der Waals surface area contributed by atoms with Crippen molar-refractivity contribution in [1.29, 1.82) is 0 Å². The summed E-state index contributed by atoms with van der Waals surface area (Å²) < 4.78 is 8.72. The highest BCUT2D eigenvalue weighted by Crippen LogP contribution is 2.40. The normalized spacial score (nSPS) is 13.3. The van der Waals surface area contributed by atoms with E-state index in [4.69, 9.17) is 14.7 Å². The van der Waals surface area contributed by atoms with Crippen LogP contribution in [0.5, 0.6) is 11.5 Å². The Balaban J connectivity index is 1.28. The smallest absolute Gasteiger partial charge is 0.153 e. The van der Waals surface area contributed by atoms with Gasteiger partial charge in [-0.2, -0.15) is 0 Å². The molecule has 7 aromatic rings. The molecular weight excluding hydrogens is 508 g/mol. The van der Waals surface area contributed by atoms with Crippen molar-refractivity contribution >= 4 is 55.7 Å². The monoisotopic (exact) mass is 536 g/mol. The summed E-state index contributed by atoms with van der Waals surface area (Å²) in [6.45, 7) is 5.19. The van der Waals surface area contributed by atoms with Crippen molar-refractivity contribution in [2.45, 2.75) is 19.8 Å². The molecule has 0 atom stereocenters. The van der Waals surface area contributed by atoms with Crippen LogP contribution in [0.2, 0.25) is 0 Å². The molecule has 1 aliphatic heterocycles. The van der Waals surface area contributed by atoms with Crippen LogP contribution in [0.15, 0.2) is 97.3 Å². The average Bonchev–Trinajstić information content (AvgIpc) is 3.56. The van der Waals surface area contributed by atoms with Crippen LogP contribution >= 0.6 is 0 Å². The molecule has 5 heterocycles. The van der Waals surface area contributed by atoms with Crippen LogP contribution in [-0.4, -0.2) is 33.1 Å². The van der Waals surface area contributed by atoms with Gasteiger partial charge < -0.3 is 14.5 Å². The number of benzene rings is 3. The zero-order valence-corrected chi connectivity index (χ0v) is 23.1. The predicted octanol–water partition coefficient (Wildman–Crippen LogP) is 8.05. The molecule has 0 saturated carbocycles. The Hall–Kier alpha value is -5.17. The largest absolute Gasteiger partial charge is 0.456 e. The molecule has 41 heavy (non-hydrogen) atoms. The van der Waals surface area contributed by atoms with Gasteiger partial charge in [-0.25, -0.2) is 9.97 Å². The highest BCUT2D eigenvalue weighted by molar-refractivity contribution is 6.13. The maximum absolute atomic E-state index is 6.46. The molecular formula is C34H28N6O. The fourth-order valence-electron chi connectivity index (χ4n) is 6.12. The SMILES string of the molecule is CC(C)c1cccc2c1c1ncc(Oc3cccc(N4CN(C)c5ncccc54)c3)cc1c1nc3ccccc3n21. The second-order valence-corrected chi connectivity index (χ2v) is 10.9. The van der Waals surface area contributed by atoms with E-state index in [1.54, 1.807) is 0 Å². The summed E-state index contributed by atoms with van der Waals surface area (Å²) in [7, 11) is 2.06. The third-order valence-corrected chi connectivity index (χ3v) is 7.98. The van der Waals surface area contributed by atoms with E-state index in [0.717, 1.165) is 68.1 Å². The number of imidazole rings is 1. The molecule has 7 heteroatoms. The summed E-state index contributed by atoms with van der Waals surface area (Å²) in [6.07, 6.45) is 3.66. The van der Waals surface area contributed by atoms with Gasteiger partial charge in [0.2, 0.25) is 0 Å². The fourth-order valence-corrected chi connectivity index (χ4v) is 6.12. The second kappa shape index (κ2) is 8.93. The molecule has 0 amide bonds. The first kappa shape index (κ1) is 23.7. The Labute approximate surface area is 237 Å². The Morgan fingerprint density at radius 3 is 2.59 bits per heavy atom. The molecule has 7 nitrogen and oxygen atoms in total. The van der Waals surface area contributed by atoms with E-state index in [-0.39, 0.29) is 0 Å². The zero-order chi connectivity index (χ0) is 27.7. The maximum Gasteiger partial charge on any atom is 0.153 e. The van der Waals surface area contributed by atoms with E-state index in [9.17, 15) is 0 Å². The molecule has 0 unspecified atom stereocenters. The lowest BCUT2D eigenvalue weighted by Crippen LogP contribution is -2.24. The third-order valence-electron chi connectivity index (χ3n) is 7.98. The standard InChI is InChI=1S/C34H28N6O/c1-21(2)25-11-7-14-29-31(25)32-26(33-37-27-12-4-5-13-28(27)40(29)33)18-24(19-36-32)41-23-10-6-9-22(17-23)39-20-38(3)34-30(39)15-8-16-35-34/h4-19,21H,20H2,1-3H3. The minimum Gasteiger partial charge on any atom is -0.456 e. The van der Waals surface area contributed by atoms with E-state index in [2.05, 4.69) is 101 Å². The van der Waals surface area contributed by atoms with Gasteiger partial charge in [0.25, 0.3) is 0 Å². The maximum atomic E-state index is 6.46. The topological polar surface area (TPSA) is 58.8 Å². The molecule has 0 radical (unpaired) electrons. The Morgan fingerprint density at radius 2 is 1.68 bits per heavy atom. The molecule has 3 aromatic carbocycles. The van der Waals surface area contributed by atoms with E-state index in [1.165, 1.54) is 5.56 Å². The first-order chi connectivity index (χ1) is 20.1. The number of aromatic nitrogens is 4. The van der Waals surface area contributed by atoms with E-state index in [1.807, 2.05) is 36.7 Å². The van der Waals surface area contributed by atoms with Crippen molar-refractivity contribution in [3.63, 3.8) is 0 Å². The minimum atomic E-state index is 0.347. The van der Waals surface area contributed by atoms with Crippen LogP contribution < -0.4 is 14.5 Å². The predicted molar refractivity (Wildman–Crippen MR) is 166 cm³/mol. The summed E-state index contributed by atoms with van der Waals surface area (Å²) in [5, 5.41) is 2.13. The summed E-state index contributed by atoms with van der Waals surface area (Å²) >= 11 is 0. The lowest BCUT2D eigenvalue weighted by atomic mass is 9.96. The number of anilines is 3. The first-order valence-electron chi connectivity index (χ1n) is 13.9. The van der Waals surface area contributed by atoms with E-state index < -0.39 is 0 Å². The fraction of sp³-hybridized carbons (Fsp3) is 0.147. The van der Waals surface area contributed by atoms with E-state index in [0.29, 0.717) is 11.7 Å². The van der Waals surface area contributed by atoms with Crippen LogP contribution in [0.3, 0.4) is 0 Å². The van der Waals surface area contributed by atoms with Gasteiger partial charge in [0.05, 0.1) is 40.6 Å². The third kappa shape index (κ3) is 3.62. The highest BCUT2D eigenvalue weighted by Gasteiger charge is 2.25. The van der Waals surface area contributed by atoms with Crippen molar-refractivity contribution in [1.82, 2.24) is 19.4 Å². The van der Waals surface area contributed by atoms with Gasteiger partial charge in [0, 0.05) is 35.8 Å². The van der Waals surface area contributed by atoms with Gasteiger partial charge in [-0.05, 0) is 60.0 Å². The molecule has 1 aliphatic rings. The van der Waals surface area contributed by atoms with Crippen LogP contribution in [0, 0.1) is 0 Å². The molecule has 0 saturated heterocycles. The Kier molecular flexibility index (Phi) is 5.16. The molecule has 0 fully saturated rings. The van der Waals surface area contributed by atoms with Crippen molar-refractivity contribution < 1.29 is 4.74 Å². The number of rotatable bonds is 4. The lowest BCUT2D eigenvalue weighted by Gasteiger charge is -2.20. The molecule has 0 bridgehead atoms. The average molecular weight is 537 g/mol. The summed E-state index contributed by atoms with van der Waals surface area (Å²) in [5.41, 5.74) is 8.38. The number of hydrogen-bond acceptors (Lipinski definition) is 6. The molecule has 200 valence electrons. The molecule has 0 N–H and O–H groups in total. The minimum absolute atomic E-state index is 0.347. The highest BCUT2D eigenvalue weighted by atomic mass is 16.5. The number of para-hydroxylation sites is 2. The van der Waals surface area contributed by atoms with E-state index >= 15 is 0 Å². The number of hydrogen-bond donors (Lipinski definition) is 0. The van der Waals surface area contributed by atoms with Gasteiger partial charge in [0.15, 0.2) is 5.82 Å². The first-order valence-corrected chi connectivity index (χ1v) is 13.9. The molecule has 4 aromatic heterocycles. The molecule has 0 aliphatic carbocycles. The number of pyridine rings is 3. The summed E-state index contributed by atoms with van der Waals surface area (Å²) in [4.78, 5) is 19.0. The van der Waals surface area contributed by atoms with Crippen LogP contribution in [0.1, 0.15) is 25.3 Å². The van der Waals surface area contributed by atoms with Crippen molar-refractivity contribution in [2.75, 3.05) is 23.5 Å². The Morgan fingerprint density at radius 1 is 0.829 bits per heavy atom. The van der Waals surface area contributed by atoms with Crippen LogP contribution in [-0.2, 0) is 0 Å². The number of ether oxygens (including phenoxy) is 1. The summed E-state index contributed by atoms with van der Waals surface area (Å²) in [5.74, 6) is 2.74. The van der Waals surface area contributed by atoms with Crippen molar-refractivity contribution in [3.05, 3.63) is 103 Å². The lowest BCUT2D eigenvalue weighted by molar-refractivity contribution is 0.481. The van der Waals surface area contributed by atoms with Gasteiger partial charge in [-0.1, -0.05) is 44.2 Å². The quantitative estimate of drug-likeness (QED) is 0.212.